The zero-order chi connectivity index (χ0) is 14.4. The molecule has 20 heavy (non-hydrogen) atoms. The highest BCUT2D eigenvalue weighted by Gasteiger charge is 2.20. The van der Waals surface area contributed by atoms with Crippen LogP contribution in [0.2, 0.25) is 0 Å². The van der Waals surface area contributed by atoms with E-state index in [1.165, 1.54) is 5.56 Å². The summed E-state index contributed by atoms with van der Waals surface area (Å²) in [4.78, 5) is 21.8. The molecule has 0 radical (unpaired) electrons. The number of rotatable bonds is 6. The highest BCUT2D eigenvalue weighted by molar-refractivity contribution is 5.80. The van der Waals surface area contributed by atoms with Crippen LogP contribution in [0.25, 0.3) is 0 Å². The number of ketones is 1. The van der Waals surface area contributed by atoms with Gasteiger partial charge in [0.2, 0.25) is 0 Å². The Labute approximate surface area is 118 Å². The molecule has 0 spiro atoms. The van der Waals surface area contributed by atoms with Gasteiger partial charge in [-0.15, -0.1) is 0 Å². The van der Waals surface area contributed by atoms with Crippen LogP contribution in [0.5, 0.6) is 0 Å². The van der Waals surface area contributed by atoms with E-state index in [4.69, 9.17) is 9.84 Å². The summed E-state index contributed by atoms with van der Waals surface area (Å²) in [6.07, 6.45) is 4.19. The molecular formula is C16H20O4. The molecule has 0 amide bonds. The van der Waals surface area contributed by atoms with Gasteiger partial charge in [0, 0.05) is 12.8 Å². The van der Waals surface area contributed by atoms with E-state index in [0.717, 1.165) is 24.8 Å². The SMILES string of the molecule is O=C(O)COCCc1ccc(C2CCCC(=O)C2)cc1. The second-order valence-corrected chi connectivity index (χ2v) is 5.27. The van der Waals surface area contributed by atoms with Crippen LogP contribution < -0.4 is 0 Å². The predicted octanol–water partition coefficient (Wildman–Crippen LogP) is 2.56. The van der Waals surface area contributed by atoms with Crippen LogP contribution in [0.15, 0.2) is 24.3 Å². The molecule has 1 aliphatic carbocycles. The number of ether oxygens (including phenoxy) is 1. The van der Waals surface area contributed by atoms with E-state index >= 15 is 0 Å². The zero-order valence-electron chi connectivity index (χ0n) is 11.5. The van der Waals surface area contributed by atoms with Crippen LogP contribution in [0, 0.1) is 0 Å². The minimum Gasteiger partial charge on any atom is -0.480 e. The van der Waals surface area contributed by atoms with Gasteiger partial charge in [-0.05, 0) is 36.3 Å². The van der Waals surface area contributed by atoms with Crippen molar-refractivity contribution in [2.45, 2.75) is 38.0 Å². The molecule has 1 aromatic carbocycles. The molecule has 1 atom stereocenters. The molecule has 1 aromatic rings. The van der Waals surface area contributed by atoms with Crippen molar-refractivity contribution in [3.05, 3.63) is 35.4 Å². The third-order valence-electron chi connectivity index (χ3n) is 3.69. The largest absolute Gasteiger partial charge is 0.480 e. The number of Topliss-reactive ketones (excluding diaryl/α,β-unsaturated/α-hetero) is 1. The van der Waals surface area contributed by atoms with Crippen LogP contribution in [0.4, 0.5) is 0 Å². The van der Waals surface area contributed by atoms with Gasteiger partial charge < -0.3 is 9.84 Å². The monoisotopic (exact) mass is 276 g/mol. The van der Waals surface area contributed by atoms with Gasteiger partial charge in [0.05, 0.1) is 6.61 Å². The normalized spacial score (nSPS) is 19.0. The van der Waals surface area contributed by atoms with Gasteiger partial charge in [0.15, 0.2) is 0 Å². The Morgan fingerprint density at radius 2 is 2.05 bits per heavy atom. The molecule has 108 valence electrons. The van der Waals surface area contributed by atoms with Crippen LogP contribution in [0.3, 0.4) is 0 Å². The first kappa shape index (κ1) is 14.7. The van der Waals surface area contributed by atoms with Gasteiger partial charge in [-0.2, -0.15) is 0 Å². The summed E-state index contributed by atoms with van der Waals surface area (Å²) in [5.41, 5.74) is 2.36. The average Bonchev–Trinajstić information content (AvgIpc) is 2.44. The van der Waals surface area contributed by atoms with E-state index in [0.29, 0.717) is 31.1 Å². The van der Waals surface area contributed by atoms with Gasteiger partial charge >= 0.3 is 5.97 Å². The highest BCUT2D eigenvalue weighted by Crippen LogP contribution is 2.30. The third-order valence-corrected chi connectivity index (χ3v) is 3.69. The fraction of sp³-hybridized carbons (Fsp3) is 0.500. The Bertz CT molecular complexity index is 464. The number of carboxylic acid groups (broad SMARTS) is 1. The number of aliphatic carboxylic acids is 1. The number of carbonyl (C=O) groups is 2. The molecule has 2 rings (SSSR count). The highest BCUT2D eigenvalue weighted by atomic mass is 16.5. The lowest BCUT2D eigenvalue weighted by atomic mass is 9.83. The van der Waals surface area contributed by atoms with Crippen molar-refractivity contribution in [1.82, 2.24) is 0 Å². The second kappa shape index (κ2) is 7.20. The van der Waals surface area contributed by atoms with Crippen LogP contribution >= 0.6 is 0 Å². The van der Waals surface area contributed by atoms with Crippen molar-refractivity contribution >= 4 is 11.8 Å². The topological polar surface area (TPSA) is 63.6 Å². The molecule has 1 saturated carbocycles. The first-order chi connectivity index (χ1) is 9.65. The van der Waals surface area contributed by atoms with Gasteiger partial charge in [-0.3, -0.25) is 4.79 Å². The summed E-state index contributed by atoms with van der Waals surface area (Å²) in [6, 6.07) is 8.24. The lowest BCUT2D eigenvalue weighted by Crippen LogP contribution is -2.13. The summed E-state index contributed by atoms with van der Waals surface area (Å²) in [5, 5.41) is 8.46. The standard InChI is InChI=1S/C16H20O4/c17-15-3-1-2-14(10-15)13-6-4-12(5-7-13)8-9-20-11-16(18)19/h4-7,14H,1-3,8-11H2,(H,18,19). The molecule has 0 saturated heterocycles. The predicted molar refractivity (Wildman–Crippen MR) is 74.8 cm³/mol. The molecule has 4 heteroatoms. The van der Waals surface area contributed by atoms with E-state index in [9.17, 15) is 9.59 Å². The molecule has 0 aromatic heterocycles. The number of carboxylic acids is 1. The van der Waals surface area contributed by atoms with E-state index in [2.05, 4.69) is 12.1 Å². The maximum atomic E-state index is 11.5. The smallest absolute Gasteiger partial charge is 0.329 e. The van der Waals surface area contributed by atoms with E-state index in [1.54, 1.807) is 0 Å². The van der Waals surface area contributed by atoms with Crippen molar-refractivity contribution in [2.75, 3.05) is 13.2 Å². The van der Waals surface area contributed by atoms with Crippen molar-refractivity contribution < 1.29 is 19.4 Å². The lowest BCUT2D eigenvalue weighted by Gasteiger charge is -2.21. The number of benzene rings is 1. The Kier molecular flexibility index (Phi) is 5.30. The molecule has 1 aliphatic rings. The van der Waals surface area contributed by atoms with Crippen LogP contribution in [-0.2, 0) is 20.7 Å². The van der Waals surface area contributed by atoms with Crippen molar-refractivity contribution in [3.63, 3.8) is 0 Å². The molecule has 0 bridgehead atoms. The maximum Gasteiger partial charge on any atom is 0.329 e. The van der Waals surface area contributed by atoms with Crippen molar-refractivity contribution in [1.29, 1.82) is 0 Å². The van der Waals surface area contributed by atoms with Crippen LogP contribution in [-0.4, -0.2) is 30.1 Å². The van der Waals surface area contributed by atoms with Gasteiger partial charge in [0.25, 0.3) is 0 Å². The fourth-order valence-electron chi connectivity index (χ4n) is 2.62. The van der Waals surface area contributed by atoms with Crippen LogP contribution in [0.1, 0.15) is 42.7 Å². The minimum absolute atomic E-state index is 0.248. The molecule has 0 aliphatic heterocycles. The summed E-state index contributed by atoms with van der Waals surface area (Å²) in [5.74, 6) is -0.205. The first-order valence-corrected chi connectivity index (χ1v) is 7.05. The second-order valence-electron chi connectivity index (χ2n) is 5.27. The quantitative estimate of drug-likeness (QED) is 0.811. The molecule has 1 unspecified atom stereocenters. The van der Waals surface area contributed by atoms with Gasteiger partial charge in [-0.1, -0.05) is 24.3 Å². The summed E-state index contributed by atoms with van der Waals surface area (Å²) in [6.45, 7) is 0.163. The van der Waals surface area contributed by atoms with E-state index < -0.39 is 5.97 Å². The molecule has 4 nitrogen and oxygen atoms in total. The Morgan fingerprint density at radius 1 is 1.30 bits per heavy atom. The van der Waals surface area contributed by atoms with Gasteiger partial charge in [-0.25, -0.2) is 4.79 Å². The van der Waals surface area contributed by atoms with E-state index in [-0.39, 0.29) is 6.61 Å². The number of hydrogen-bond acceptors (Lipinski definition) is 3. The minimum atomic E-state index is -0.942. The lowest BCUT2D eigenvalue weighted by molar-refractivity contribution is -0.142. The fourth-order valence-corrected chi connectivity index (χ4v) is 2.62. The summed E-state index contributed by atoms with van der Waals surface area (Å²) >= 11 is 0. The summed E-state index contributed by atoms with van der Waals surface area (Å²) in [7, 11) is 0. The Hall–Kier alpha value is -1.68. The maximum absolute atomic E-state index is 11.5. The Balaban J connectivity index is 1.83. The van der Waals surface area contributed by atoms with Gasteiger partial charge in [0.1, 0.15) is 12.4 Å². The molecule has 1 fully saturated rings. The molecule has 1 N–H and O–H groups in total. The number of hydrogen-bond donors (Lipinski definition) is 1. The summed E-state index contributed by atoms with van der Waals surface area (Å²) < 4.78 is 5.02. The van der Waals surface area contributed by atoms with E-state index in [1.807, 2.05) is 12.1 Å². The molecule has 0 heterocycles. The average molecular weight is 276 g/mol. The first-order valence-electron chi connectivity index (χ1n) is 7.05. The zero-order valence-corrected chi connectivity index (χ0v) is 11.5. The molecular weight excluding hydrogens is 256 g/mol. The van der Waals surface area contributed by atoms with Crippen molar-refractivity contribution in [3.8, 4) is 0 Å². The third kappa shape index (κ3) is 4.46. The number of carbonyl (C=O) groups excluding carboxylic acids is 1. The van der Waals surface area contributed by atoms with Crippen molar-refractivity contribution in [2.24, 2.45) is 0 Å². The Morgan fingerprint density at radius 3 is 2.70 bits per heavy atom.